The van der Waals surface area contributed by atoms with Crippen LogP contribution in [0.2, 0.25) is 5.02 Å². The van der Waals surface area contributed by atoms with Crippen LogP contribution in [0.25, 0.3) is 16.7 Å². The predicted octanol–water partition coefficient (Wildman–Crippen LogP) is 5.16. The van der Waals surface area contributed by atoms with Crippen molar-refractivity contribution >= 4 is 34.1 Å². The molecule has 1 aromatic carbocycles. The molecule has 7 nitrogen and oxygen atoms in total. The summed E-state index contributed by atoms with van der Waals surface area (Å²) in [5, 5.41) is 0.533. The molecule has 0 spiro atoms. The van der Waals surface area contributed by atoms with Gasteiger partial charge in [0.15, 0.2) is 0 Å². The minimum Gasteiger partial charge on any atom is -0.768 e. The largest absolute Gasteiger partial charge is 0.768 e. The summed E-state index contributed by atoms with van der Waals surface area (Å²) in [5.41, 5.74) is 5.44. The highest BCUT2D eigenvalue weighted by atomic mass is 35.5. The monoisotopic (exact) mass is 481 g/mol. The van der Waals surface area contributed by atoms with E-state index in [1.807, 2.05) is 44.0 Å². The summed E-state index contributed by atoms with van der Waals surface area (Å²) in [6, 6.07) is 3.21. The van der Waals surface area contributed by atoms with E-state index in [9.17, 15) is 8.76 Å². The first kappa shape index (κ1) is 23.1. The Hall–Kier alpha value is -3.07. The van der Waals surface area contributed by atoms with Gasteiger partial charge in [0.25, 0.3) is 0 Å². The van der Waals surface area contributed by atoms with Gasteiger partial charge < -0.3 is 14.2 Å². The van der Waals surface area contributed by atoms with Gasteiger partial charge in [-0.3, -0.25) is 9.19 Å². The molecule has 0 saturated carbocycles. The lowest BCUT2D eigenvalue weighted by Crippen LogP contribution is -2.26. The molecule has 0 saturated heterocycles. The average molecular weight is 482 g/mol. The fraction of sp³-hybridized carbons (Fsp3) is 0.208. The van der Waals surface area contributed by atoms with Gasteiger partial charge in [0, 0.05) is 50.8 Å². The number of rotatable bonds is 5. The van der Waals surface area contributed by atoms with Crippen LogP contribution in [0.1, 0.15) is 35.3 Å². The third-order valence-electron chi connectivity index (χ3n) is 5.79. The van der Waals surface area contributed by atoms with Crippen molar-refractivity contribution in [2.45, 2.75) is 31.7 Å². The smallest absolute Gasteiger partial charge is 0.144 e. The lowest BCUT2D eigenvalue weighted by molar-refractivity contribution is 0.408. The van der Waals surface area contributed by atoms with Crippen LogP contribution in [-0.2, 0) is 11.1 Å². The quantitative estimate of drug-likeness (QED) is 0.464. The number of pyridine rings is 1. The van der Waals surface area contributed by atoms with Crippen LogP contribution in [0, 0.1) is 13.8 Å². The van der Waals surface area contributed by atoms with Crippen molar-refractivity contribution in [3.05, 3.63) is 77.1 Å². The number of allylic oxidation sites excluding steroid dienone is 2. The fourth-order valence-corrected chi connectivity index (χ4v) is 4.67. The first-order valence-electron chi connectivity index (χ1n) is 10.1. The Morgan fingerprint density at radius 3 is 2.67 bits per heavy atom. The van der Waals surface area contributed by atoms with Crippen LogP contribution >= 0.6 is 11.6 Å². The second kappa shape index (κ2) is 9.05. The van der Waals surface area contributed by atoms with Crippen LogP contribution in [0.4, 0.5) is 5.82 Å². The Kier molecular flexibility index (Phi) is 6.34. The maximum Gasteiger partial charge on any atom is 0.144 e. The van der Waals surface area contributed by atoms with E-state index < -0.39 is 11.1 Å². The van der Waals surface area contributed by atoms with E-state index in [-0.39, 0.29) is 10.9 Å². The summed E-state index contributed by atoms with van der Waals surface area (Å²) in [7, 11) is 1.58. The van der Waals surface area contributed by atoms with Gasteiger partial charge in [0.05, 0.1) is 18.8 Å². The molecule has 33 heavy (non-hydrogen) atoms. The highest BCUT2D eigenvalue weighted by molar-refractivity contribution is 7.79. The number of hydrogen-bond donors (Lipinski definition) is 0. The maximum atomic E-state index is 11.5. The summed E-state index contributed by atoms with van der Waals surface area (Å²) in [4.78, 5) is 15.0. The van der Waals surface area contributed by atoms with Gasteiger partial charge in [-0.25, -0.2) is 9.97 Å². The molecule has 0 amide bonds. The number of ether oxygens (including phenoxy) is 1. The summed E-state index contributed by atoms with van der Waals surface area (Å²) < 4.78 is 28.9. The van der Waals surface area contributed by atoms with Crippen molar-refractivity contribution in [2.75, 3.05) is 12.0 Å². The molecule has 0 fully saturated rings. The van der Waals surface area contributed by atoms with Gasteiger partial charge in [-0.15, -0.1) is 0 Å². The lowest BCUT2D eigenvalue weighted by Gasteiger charge is -2.33. The van der Waals surface area contributed by atoms with E-state index in [4.69, 9.17) is 16.3 Å². The van der Waals surface area contributed by atoms with Crippen LogP contribution in [-0.4, -0.2) is 30.8 Å². The van der Waals surface area contributed by atoms with Crippen molar-refractivity contribution in [3.8, 4) is 16.9 Å². The minimum absolute atomic E-state index is 0.0853. The van der Waals surface area contributed by atoms with E-state index in [0.717, 1.165) is 33.8 Å². The van der Waals surface area contributed by atoms with Crippen molar-refractivity contribution in [1.82, 2.24) is 15.0 Å². The van der Waals surface area contributed by atoms with Gasteiger partial charge in [0.2, 0.25) is 0 Å². The van der Waals surface area contributed by atoms with Gasteiger partial charge in [-0.2, -0.15) is 0 Å². The number of methoxy groups -OCH3 is 1. The number of anilines is 1. The van der Waals surface area contributed by atoms with Gasteiger partial charge in [-0.05, 0) is 61.2 Å². The normalized spacial score (nSPS) is 14.7. The molecule has 1 aliphatic rings. The Morgan fingerprint density at radius 1 is 1.21 bits per heavy atom. The molecule has 4 rings (SSSR count). The van der Waals surface area contributed by atoms with Gasteiger partial charge >= 0.3 is 0 Å². The zero-order valence-electron chi connectivity index (χ0n) is 18.6. The topological polar surface area (TPSA) is 91.3 Å². The summed E-state index contributed by atoms with van der Waals surface area (Å²) >= 11 is 4.25. The lowest BCUT2D eigenvalue weighted by atomic mass is 9.93. The third kappa shape index (κ3) is 4.06. The number of nitrogens with zero attached hydrogens (tertiary/aromatic N) is 4. The fourth-order valence-electron chi connectivity index (χ4n) is 4.09. The van der Waals surface area contributed by atoms with Crippen molar-refractivity contribution < 1.29 is 13.5 Å². The van der Waals surface area contributed by atoms with Crippen LogP contribution < -0.4 is 9.64 Å². The Morgan fingerprint density at radius 2 is 1.97 bits per heavy atom. The van der Waals surface area contributed by atoms with Crippen molar-refractivity contribution in [1.29, 1.82) is 0 Å². The number of aryl methyl sites for hydroxylation is 1. The number of halogens is 1. The van der Waals surface area contributed by atoms with Gasteiger partial charge in [-0.1, -0.05) is 18.2 Å². The summed E-state index contributed by atoms with van der Waals surface area (Å²) in [6.07, 6.45) is 8.29. The van der Waals surface area contributed by atoms with Gasteiger partial charge in [0.1, 0.15) is 17.9 Å². The molecule has 2 unspecified atom stereocenters. The second-order valence-electron chi connectivity index (χ2n) is 7.71. The molecule has 0 bridgehead atoms. The van der Waals surface area contributed by atoms with E-state index in [1.165, 1.54) is 12.5 Å². The highest BCUT2D eigenvalue weighted by Crippen LogP contribution is 2.45. The number of benzene rings is 1. The predicted molar refractivity (Wildman–Crippen MR) is 129 cm³/mol. The van der Waals surface area contributed by atoms with E-state index in [0.29, 0.717) is 21.9 Å². The Balaban J connectivity index is 1.91. The zero-order valence-corrected chi connectivity index (χ0v) is 20.2. The molecule has 2 atom stereocenters. The second-order valence-corrected chi connectivity index (χ2v) is 9.05. The molecule has 0 radical (unpaired) electrons. The molecule has 170 valence electrons. The number of aromatic nitrogens is 3. The molecule has 3 aromatic rings. The first-order valence-corrected chi connectivity index (χ1v) is 11.6. The molecule has 0 N–H and O–H groups in total. The van der Waals surface area contributed by atoms with Crippen LogP contribution in [0.15, 0.2) is 54.6 Å². The van der Waals surface area contributed by atoms with Crippen molar-refractivity contribution in [2.24, 2.45) is 0 Å². The van der Waals surface area contributed by atoms with E-state index >= 15 is 0 Å². The molecule has 9 heteroatoms. The Bertz CT molecular complexity index is 1330. The minimum atomic E-state index is -2.41. The van der Waals surface area contributed by atoms with E-state index in [2.05, 4.69) is 21.5 Å². The average Bonchev–Trinajstić information content (AvgIpc) is 2.80. The van der Waals surface area contributed by atoms with E-state index in [1.54, 1.807) is 19.4 Å². The highest BCUT2D eigenvalue weighted by Gasteiger charge is 2.28. The first-order chi connectivity index (χ1) is 15.7. The molecule has 2 aromatic heterocycles. The SMILES string of the molecule is C=C1C=CN(C(C)c2cc(Cl)c(C)c(-c3cncc(S(=O)[O-])c3)c2OC)c2ncnc(C)c21. The Labute approximate surface area is 200 Å². The van der Waals surface area contributed by atoms with Crippen molar-refractivity contribution in [3.63, 3.8) is 0 Å². The third-order valence-corrected chi connectivity index (χ3v) is 6.79. The molecule has 3 heterocycles. The zero-order chi connectivity index (χ0) is 23.9. The number of fused-ring (bicyclic) bond motifs is 1. The molecular weight excluding hydrogens is 460 g/mol. The molecule has 0 aliphatic carbocycles. The standard InChI is InChI=1S/C24H23ClN4O3S/c1-13-6-7-29(24-21(13)15(3)27-12-28-24)16(4)19-9-20(25)14(2)22(23(19)32-5)17-8-18(33(30)31)11-26-10-17/h6-12,16H,1H2,2-5H3,(H,30,31)/p-1. The molecular formula is C24H22ClN4O3S-. The maximum absolute atomic E-state index is 11.5. The summed E-state index contributed by atoms with van der Waals surface area (Å²) in [6.45, 7) is 9.94. The molecule has 1 aliphatic heterocycles. The number of hydrogen-bond acceptors (Lipinski definition) is 7. The van der Waals surface area contributed by atoms with Crippen LogP contribution in [0.5, 0.6) is 5.75 Å². The summed E-state index contributed by atoms with van der Waals surface area (Å²) in [5.74, 6) is 1.33. The van der Waals surface area contributed by atoms with Crippen LogP contribution in [0.3, 0.4) is 0 Å².